The minimum absolute atomic E-state index is 0.0616. The molecule has 1 saturated carbocycles. The Morgan fingerprint density at radius 1 is 1.21 bits per heavy atom. The lowest BCUT2D eigenvalue weighted by molar-refractivity contribution is -0.137. The van der Waals surface area contributed by atoms with Crippen LogP contribution in [0.2, 0.25) is 0 Å². The van der Waals surface area contributed by atoms with Gasteiger partial charge in [-0.2, -0.15) is 24.5 Å². The van der Waals surface area contributed by atoms with E-state index < -0.39 is 38.5 Å². The number of thiophene rings is 1. The topological polar surface area (TPSA) is 66.5 Å². The Hall–Kier alpha value is -1.13. The average Bonchev–Trinajstić information content (AvgIpc) is 3.04. The number of sulfonamides is 1. The van der Waals surface area contributed by atoms with Gasteiger partial charge in [-0.3, -0.25) is 4.79 Å². The monoisotopic (exact) mass is 382 g/mol. The molecule has 1 aromatic rings. The summed E-state index contributed by atoms with van der Waals surface area (Å²) in [6, 6.07) is -0.0616. The molecule has 2 aliphatic rings. The second kappa shape index (κ2) is 6.30. The van der Waals surface area contributed by atoms with E-state index in [-0.39, 0.29) is 19.1 Å². The summed E-state index contributed by atoms with van der Waals surface area (Å²) >= 11 is 0.803. The van der Waals surface area contributed by atoms with Crippen molar-refractivity contribution in [1.82, 2.24) is 9.62 Å². The van der Waals surface area contributed by atoms with E-state index in [1.165, 1.54) is 0 Å². The van der Waals surface area contributed by atoms with Gasteiger partial charge in [0.15, 0.2) is 0 Å². The maximum absolute atomic E-state index is 12.9. The van der Waals surface area contributed by atoms with Crippen molar-refractivity contribution in [3.8, 4) is 0 Å². The van der Waals surface area contributed by atoms with Gasteiger partial charge in [-0.15, -0.1) is 0 Å². The van der Waals surface area contributed by atoms with Gasteiger partial charge in [0.1, 0.15) is 5.25 Å². The summed E-state index contributed by atoms with van der Waals surface area (Å²) in [5.74, 6) is -0.768. The fourth-order valence-electron chi connectivity index (χ4n) is 3.02. The normalized spacial score (nSPS) is 20.4. The number of amides is 1. The second-order valence-corrected chi connectivity index (χ2v) is 8.91. The van der Waals surface area contributed by atoms with E-state index in [0.717, 1.165) is 52.7 Å². The molecule has 1 aliphatic heterocycles. The molecular formula is C14H17F3N2O3S2. The molecule has 2 fully saturated rings. The summed E-state index contributed by atoms with van der Waals surface area (Å²) in [5, 5.41) is 1.29. The molecule has 0 bridgehead atoms. The molecular weight excluding hydrogens is 365 g/mol. The van der Waals surface area contributed by atoms with Crippen molar-refractivity contribution in [3.63, 3.8) is 0 Å². The van der Waals surface area contributed by atoms with Crippen LogP contribution in [0.4, 0.5) is 13.2 Å². The molecule has 1 saturated heterocycles. The first kappa shape index (κ1) is 17.7. The van der Waals surface area contributed by atoms with Crippen molar-refractivity contribution in [3.05, 3.63) is 21.9 Å². The third-order valence-corrected chi connectivity index (χ3v) is 7.04. The van der Waals surface area contributed by atoms with Gasteiger partial charge in [0, 0.05) is 29.9 Å². The van der Waals surface area contributed by atoms with Crippen molar-refractivity contribution >= 4 is 27.3 Å². The molecule has 1 aliphatic carbocycles. The van der Waals surface area contributed by atoms with Gasteiger partial charge < -0.3 is 4.90 Å². The molecule has 0 radical (unpaired) electrons. The highest BCUT2D eigenvalue weighted by Crippen LogP contribution is 2.35. The first-order valence-corrected chi connectivity index (χ1v) is 10.1. The Morgan fingerprint density at radius 3 is 2.42 bits per heavy atom. The molecule has 0 atom stereocenters. The Morgan fingerprint density at radius 2 is 1.83 bits per heavy atom. The van der Waals surface area contributed by atoms with E-state index >= 15 is 0 Å². The van der Waals surface area contributed by atoms with E-state index in [2.05, 4.69) is 4.72 Å². The number of likely N-dealkylation sites (tertiary alicyclic amines) is 1. The lowest BCUT2D eigenvalue weighted by atomic mass is 10.1. The van der Waals surface area contributed by atoms with Crippen LogP contribution in [0.25, 0.3) is 0 Å². The third-order valence-electron chi connectivity index (χ3n) is 4.46. The van der Waals surface area contributed by atoms with Crippen LogP contribution in [0.3, 0.4) is 0 Å². The Kier molecular flexibility index (Phi) is 4.65. The summed E-state index contributed by atoms with van der Waals surface area (Å²) in [6.45, 7) is -0.151. The van der Waals surface area contributed by atoms with Crippen LogP contribution in [0.1, 0.15) is 41.6 Å². The predicted molar refractivity (Wildman–Crippen MR) is 83.3 cm³/mol. The Labute approximate surface area is 141 Å². The van der Waals surface area contributed by atoms with Gasteiger partial charge in [-0.05, 0) is 12.8 Å². The van der Waals surface area contributed by atoms with Crippen LogP contribution in [0.15, 0.2) is 10.8 Å². The van der Waals surface area contributed by atoms with E-state index in [9.17, 15) is 26.4 Å². The highest BCUT2D eigenvalue weighted by atomic mass is 32.2. The van der Waals surface area contributed by atoms with E-state index in [1.54, 1.807) is 0 Å². The molecule has 134 valence electrons. The van der Waals surface area contributed by atoms with Gasteiger partial charge in [0.2, 0.25) is 10.0 Å². The van der Waals surface area contributed by atoms with Crippen LogP contribution >= 0.6 is 11.3 Å². The molecule has 1 amide bonds. The number of carbonyl (C=O) groups is 1. The van der Waals surface area contributed by atoms with Crippen molar-refractivity contribution < 1.29 is 26.4 Å². The molecule has 0 aromatic carbocycles. The molecule has 5 nitrogen and oxygen atoms in total. The number of nitrogens with one attached hydrogen (secondary N) is 1. The standard InChI is InChI=1S/C14H17F3N2O3S2/c15-14(16,17)12-8-23-7-11(12)13(20)19-5-10(6-19)24(21,22)18-9-3-1-2-4-9/h7-10,18H,1-6H2. The van der Waals surface area contributed by atoms with Gasteiger partial charge in [-0.1, -0.05) is 12.8 Å². The van der Waals surface area contributed by atoms with Crippen LogP contribution in [0.5, 0.6) is 0 Å². The van der Waals surface area contributed by atoms with Crippen molar-refractivity contribution in [2.24, 2.45) is 0 Å². The zero-order valence-electron chi connectivity index (χ0n) is 12.7. The number of alkyl halides is 3. The van der Waals surface area contributed by atoms with Crippen LogP contribution < -0.4 is 4.72 Å². The van der Waals surface area contributed by atoms with E-state index in [1.807, 2.05) is 0 Å². The van der Waals surface area contributed by atoms with Crippen LogP contribution in [-0.4, -0.2) is 43.6 Å². The molecule has 1 aromatic heterocycles. The predicted octanol–water partition coefficient (Wildman–Crippen LogP) is 2.45. The summed E-state index contributed by atoms with van der Waals surface area (Å²) in [5.41, 5.74) is -1.38. The third kappa shape index (κ3) is 3.45. The zero-order valence-corrected chi connectivity index (χ0v) is 14.3. The molecule has 0 spiro atoms. The molecule has 10 heteroatoms. The lowest BCUT2D eigenvalue weighted by Gasteiger charge is -2.39. The van der Waals surface area contributed by atoms with Gasteiger partial charge >= 0.3 is 6.18 Å². The van der Waals surface area contributed by atoms with Gasteiger partial charge in [-0.25, -0.2) is 13.1 Å². The number of hydrogen-bond acceptors (Lipinski definition) is 4. The largest absolute Gasteiger partial charge is 0.417 e. The minimum Gasteiger partial charge on any atom is -0.336 e. The number of halogens is 3. The molecule has 3 rings (SSSR count). The number of carbonyl (C=O) groups excluding carboxylic acids is 1. The smallest absolute Gasteiger partial charge is 0.336 e. The lowest BCUT2D eigenvalue weighted by Crippen LogP contribution is -2.60. The molecule has 1 N–H and O–H groups in total. The van der Waals surface area contributed by atoms with E-state index in [4.69, 9.17) is 0 Å². The van der Waals surface area contributed by atoms with Crippen molar-refractivity contribution in [2.45, 2.75) is 43.2 Å². The highest BCUT2D eigenvalue weighted by Gasteiger charge is 2.43. The first-order valence-electron chi connectivity index (χ1n) is 7.62. The summed E-state index contributed by atoms with van der Waals surface area (Å²) in [6.07, 6.45) is -1.01. The molecule has 24 heavy (non-hydrogen) atoms. The number of hydrogen-bond donors (Lipinski definition) is 1. The average molecular weight is 382 g/mol. The highest BCUT2D eigenvalue weighted by molar-refractivity contribution is 7.90. The quantitative estimate of drug-likeness (QED) is 0.870. The number of rotatable bonds is 4. The molecule has 0 unspecified atom stereocenters. The fraction of sp³-hybridized carbons (Fsp3) is 0.643. The first-order chi connectivity index (χ1) is 11.2. The summed E-state index contributed by atoms with van der Waals surface area (Å²) in [4.78, 5) is 13.3. The van der Waals surface area contributed by atoms with Crippen molar-refractivity contribution in [2.75, 3.05) is 13.1 Å². The number of nitrogens with zero attached hydrogens (tertiary/aromatic N) is 1. The Balaban J connectivity index is 1.62. The minimum atomic E-state index is -4.59. The zero-order chi connectivity index (χ0) is 17.5. The SMILES string of the molecule is O=C(c1cscc1C(F)(F)F)N1CC(S(=O)(=O)NC2CCCC2)C1. The second-order valence-electron chi connectivity index (χ2n) is 6.17. The van der Waals surface area contributed by atoms with Gasteiger partial charge in [0.05, 0.1) is 11.1 Å². The maximum atomic E-state index is 12.9. The fourth-order valence-corrected chi connectivity index (χ4v) is 5.50. The van der Waals surface area contributed by atoms with Crippen LogP contribution in [-0.2, 0) is 16.2 Å². The molecule has 2 heterocycles. The van der Waals surface area contributed by atoms with Gasteiger partial charge in [0.25, 0.3) is 5.91 Å². The summed E-state index contributed by atoms with van der Waals surface area (Å²) in [7, 11) is -3.54. The maximum Gasteiger partial charge on any atom is 0.417 e. The summed E-state index contributed by atoms with van der Waals surface area (Å²) < 4.78 is 65.6. The Bertz CT molecular complexity index is 718. The van der Waals surface area contributed by atoms with Crippen molar-refractivity contribution in [1.29, 1.82) is 0 Å². The van der Waals surface area contributed by atoms with Crippen LogP contribution in [0, 0.1) is 0 Å². The van der Waals surface area contributed by atoms with E-state index in [0.29, 0.717) is 0 Å².